The average molecular weight is 372 g/mol. The normalized spacial score (nSPS) is 11.8. The first-order valence-corrected chi connectivity index (χ1v) is 7.70. The van der Waals surface area contributed by atoms with Crippen molar-refractivity contribution in [2.45, 2.75) is 52.7 Å². The predicted molar refractivity (Wildman–Crippen MR) is 89.1 cm³/mol. The van der Waals surface area contributed by atoms with Crippen LogP contribution in [0.5, 0.6) is 0 Å². The van der Waals surface area contributed by atoms with Gasteiger partial charge in [-0.15, -0.1) is 0 Å². The molecule has 0 aliphatic heterocycles. The van der Waals surface area contributed by atoms with Gasteiger partial charge in [-0.2, -0.15) is 4.90 Å². The minimum atomic E-state index is -0.784. The molecule has 1 rings (SSSR count). The van der Waals surface area contributed by atoms with Gasteiger partial charge in [-0.05, 0) is 69.6 Å². The third-order valence-corrected chi connectivity index (χ3v) is 2.92. The van der Waals surface area contributed by atoms with E-state index >= 15 is 0 Å². The molecule has 0 radical (unpaired) electrons. The number of carbonyl (C=O) groups is 2. The van der Waals surface area contributed by atoms with E-state index in [0.717, 1.165) is 4.90 Å². The standard InChI is InChI=1S/C16H22BrNO4/c1-15(2,3)21-13(19)18(14(20)22-16(4,5)6)12-10-8-7-9-11(12)17/h7-10H,1-6H3. The highest BCUT2D eigenvalue weighted by Gasteiger charge is 2.33. The minimum absolute atomic E-state index is 0.367. The number of ether oxygens (including phenoxy) is 2. The van der Waals surface area contributed by atoms with Crippen molar-refractivity contribution in [3.05, 3.63) is 28.7 Å². The Morgan fingerprint density at radius 1 is 0.909 bits per heavy atom. The summed E-state index contributed by atoms with van der Waals surface area (Å²) in [6.07, 6.45) is -1.57. The first kappa shape index (κ1) is 18.5. The van der Waals surface area contributed by atoms with Gasteiger partial charge >= 0.3 is 12.2 Å². The summed E-state index contributed by atoms with van der Waals surface area (Å²) in [7, 11) is 0. The van der Waals surface area contributed by atoms with E-state index in [9.17, 15) is 9.59 Å². The van der Waals surface area contributed by atoms with E-state index < -0.39 is 23.4 Å². The molecule has 0 aromatic heterocycles. The van der Waals surface area contributed by atoms with Crippen molar-refractivity contribution in [3.63, 3.8) is 0 Å². The van der Waals surface area contributed by atoms with Crippen LogP contribution in [-0.2, 0) is 9.47 Å². The molecule has 122 valence electrons. The Bertz CT molecular complexity index is 530. The Kier molecular flexibility index (Phi) is 5.62. The SMILES string of the molecule is CC(C)(C)OC(=O)N(C(=O)OC(C)(C)C)c1ccccc1Br. The van der Waals surface area contributed by atoms with Gasteiger partial charge in [0.25, 0.3) is 0 Å². The van der Waals surface area contributed by atoms with Gasteiger partial charge in [0, 0.05) is 4.47 Å². The Hall–Kier alpha value is -1.56. The zero-order valence-electron chi connectivity index (χ0n) is 13.8. The highest BCUT2D eigenvalue weighted by Crippen LogP contribution is 2.28. The van der Waals surface area contributed by atoms with Gasteiger partial charge in [0.2, 0.25) is 0 Å². The van der Waals surface area contributed by atoms with Crippen molar-refractivity contribution in [1.82, 2.24) is 0 Å². The van der Waals surface area contributed by atoms with E-state index in [0.29, 0.717) is 10.2 Å². The van der Waals surface area contributed by atoms with Gasteiger partial charge in [-0.25, -0.2) is 9.59 Å². The number of benzene rings is 1. The van der Waals surface area contributed by atoms with Crippen LogP contribution in [0.15, 0.2) is 28.7 Å². The van der Waals surface area contributed by atoms with E-state index in [1.54, 1.807) is 65.8 Å². The third-order valence-electron chi connectivity index (χ3n) is 2.25. The van der Waals surface area contributed by atoms with Crippen molar-refractivity contribution in [1.29, 1.82) is 0 Å². The Morgan fingerprint density at radius 2 is 1.32 bits per heavy atom. The van der Waals surface area contributed by atoms with Crippen LogP contribution >= 0.6 is 15.9 Å². The molecule has 0 bridgehead atoms. The van der Waals surface area contributed by atoms with E-state index in [2.05, 4.69) is 15.9 Å². The lowest BCUT2D eigenvalue weighted by atomic mass is 10.2. The predicted octanol–water partition coefficient (Wildman–Crippen LogP) is 5.13. The highest BCUT2D eigenvalue weighted by molar-refractivity contribution is 9.10. The van der Waals surface area contributed by atoms with Crippen LogP contribution in [0, 0.1) is 0 Å². The van der Waals surface area contributed by atoms with E-state index in [1.807, 2.05) is 0 Å². The maximum absolute atomic E-state index is 12.4. The molecule has 0 atom stereocenters. The number of amides is 2. The number of rotatable bonds is 1. The summed E-state index contributed by atoms with van der Waals surface area (Å²) in [5, 5.41) is 0. The van der Waals surface area contributed by atoms with Gasteiger partial charge in [-0.1, -0.05) is 12.1 Å². The smallest absolute Gasteiger partial charge is 0.424 e. The van der Waals surface area contributed by atoms with Crippen LogP contribution in [-0.4, -0.2) is 23.4 Å². The number of carbonyl (C=O) groups excluding carboxylic acids is 2. The maximum atomic E-state index is 12.4. The summed E-state index contributed by atoms with van der Waals surface area (Å²) in [5.41, 5.74) is -1.08. The Labute approximate surface area is 139 Å². The molecule has 0 aliphatic carbocycles. The largest absolute Gasteiger partial charge is 0.443 e. The lowest BCUT2D eigenvalue weighted by Gasteiger charge is -2.29. The van der Waals surface area contributed by atoms with Crippen LogP contribution in [0.4, 0.5) is 15.3 Å². The fraction of sp³-hybridized carbons (Fsp3) is 0.500. The molecule has 22 heavy (non-hydrogen) atoms. The molecule has 0 N–H and O–H groups in total. The molecular weight excluding hydrogens is 350 g/mol. The van der Waals surface area contributed by atoms with E-state index in [-0.39, 0.29) is 0 Å². The number of nitrogens with zero attached hydrogens (tertiary/aromatic N) is 1. The summed E-state index contributed by atoms with van der Waals surface area (Å²) in [6.45, 7) is 10.4. The van der Waals surface area contributed by atoms with Crippen molar-refractivity contribution in [2.75, 3.05) is 4.90 Å². The Morgan fingerprint density at radius 3 is 1.68 bits per heavy atom. The summed E-state index contributed by atoms with van der Waals surface area (Å²) < 4.78 is 11.2. The number of para-hydroxylation sites is 1. The molecule has 2 amide bonds. The first-order chi connectivity index (χ1) is 9.91. The monoisotopic (exact) mass is 371 g/mol. The fourth-order valence-electron chi connectivity index (χ4n) is 1.52. The van der Waals surface area contributed by atoms with Crippen LogP contribution < -0.4 is 4.90 Å². The second-order valence-corrected chi connectivity index (χ2v) is 7.60. The highest BCUT2D eigenvalue weighted by atomic mass is 79.9. The van der Waals surface area contributed by atoms with Crippen LogP contribution in [0.2, 0.25) is 0 Å². The number of imide groups is 1. The number of halogens is 1. The quantitative estimate of drug-likeness (QED) is 0.686. The molecule has 0 aliphatic rings. The molecule has 0 saturated heterocycles. The first-order valence-electron chi connectivity index (χ1n) is 6.91. The number of hydrogen-bond donors (Lipinski definition) is 0. The summed E-state index contributed by atoms with van der Waals surface area (Å²) in [4.78, 5) is 25.7. The lowest BCUT2D eigenvalue weighted by Crippen LogP contribution is -2.44. The van der Waals surface area contributed by atoms with E-state index in [4.69, 9.17) is 9.47 Å². The van der Waals surface area contributed by atoms with Crippen LogP contribution in [0.25, 0.3) is 0 Å². The average Bonchev–Trinajstić information content (AvgIpc) is 2.27. The van der Waals surface area contributed by atoms with Crippen molar-refractivity contribution in [3.8, 4) is 0 Å². The molecule has 0 saturated carbocycles. The molecule has 0 unspecified atom stereocenters. The molecule has 1 aromatic rings. The number of hydrogen-bond acceptors (Lipinski definition) is 4. The third kappa shape index (κ3) is 5.67. The van der Waals surface area contributed by atoms with Gasteiger partial charge in [0.05, 0.1) is 5.69 Å². The molecule has 5 nitrogen and oxygen atoms in total. The molecule has 6 heteroatoms. The second-order valence-electron chi connectivity index (χ2n) is 6.75. The van der Waals surface area contributed by atoms with Gasteiger partial charge in [0.15, 0.2) is 0 Å². The second kappa shape index (κ2) is 6.69. The lowest BCUT2D eigenvalue weighted by molar-refractivity contribution is 0.0430. The van der Waals surface area contributed by atoms with Gasteiger partial charge in [-0.3, -0.25) is 0 Å². The zero-order chi connectivity index (χ0) is 17.1. The minimum Gasteiger partial charge on any atom is -0.443 e. The molecule has 0 spiro atoms. The molecular formula is C16H22BrNO4. The molecule has 0 fully saturated rings. The van der Waals surface area contributed by atoms with Crippen molar-refractivity contribution in [2.24, 2.45) is 0 Å². The fourth-order valence-corrected chi connectivity index (χ4v) is 1.98. The van der Waals surface area contributed by atoms with Crippen molar-refractivity contribution < 1.29 is 19.1 Å². The topological polar surface area (TPSA) is 55.8 Å². The van der Waals surface area contributed by atoms with Gasteiger partial charge < -0.3 is 9.47 Å². The maximum Gasteiger partial charge on any atom is 0.424 e. The van der Waals surface area contributed by atoms with Crippen molar-refractivity contribution >= 4 is 33.8 Å². The van der Waals surface area contributed by atoms with Gasteiger partial charge in [0.1, 0.15) is 11.2 Å². The zero-order valence-corrected chi connectivity index (χ0v) is 15.4. The number of anilines is 1. The summed E-state index contributed by atoms with van der Waals surface area (Å²) in [6, 6.07) is 6.88. The summed E-state index contributed by atoms with van der Waals surface area (Å²) in [5.74, 6) is 0. The summed E-state index contributed by atoms with van der Waals surface area (Å²) >= 11 is 3.34. The van der Waals surface area contributed by atoms with E-state index in [1.165, 1.54) is 0 Å². The van der Waals surface area contributed by atoms with Crippen LogP contribution in [0.3, 0.4) is 0 Å². The van der Waals surface area contributed by atoms with Crippen LogP contribution in [0.1, 0.15) is 41.5 Å². The Balaban J connectivity index is 3.19. The molecule has 1 aromatic carbocycles. The molecule has 0 heterocycles.